The molecule has 1 saturated heterocycles. The maximum Gasteiger partial charge on any atom is 0.239 e. The van der Waals surface area contributed by atoms with Gasteiger partial charge in [-0.2, -0.15) is 9.40 Å². The Morgan fingerprint density at radius 2 is 1.72 bits per heavy atom. The highest BCUT2D eigenvalue weighted by atomic mass is 32.2. The Labute approximate surface area is 190 Å². The number of anilines is 1. The lowest BCUT2D eigenvalue weighted by Gasteiger charge is -2.33. The maximum atomic E-state index is 12.7. The summed E-state index contributed by atoms with van der Waals surface area (Å²) in [6, 6.07) is 11.1. The monoisotopic (exact) mass is 459 g/mol. The number of piperazine rings is 1. The van der Waals surface area contributed by atoms with Gasteiger partial charge in [-0.05, 0) is 24.3 Å². The van der Waals surface area contributed by atoms with Crippen molar-refractivity contribution in [1.29, 1.82) is 0 Å². The van der Waals surface area contributed by atoms with Crippen molar-refractivity contribution in [1.82, 2.24) is 19.0 Å². The third-order valence-electron chi connectivity index (χ3n) is 6.42. The molecule has 0 spiro atoms. The average molecular weight is 460 g/mol. The summed E-state index contributed by atoms with van der Waals surface area (Å²) < 4.78 is 28.9. The number of hydrogen-bond acceptors (Lipinski definition) is 5. The number of benzene rings is 1. The number of carbonyl (C=O) groups excluding carboxylic acids is 1. The zero-order valence-corrected chi connectivity index (χ0v) is 19.3. The van der Waals surface area contributed by atoms with Gasteiger partial charge in [0.15, 0.2) is 0 Å². The van der Waals surface area contributed by atoms with Crippen molar-refractivity contribution in [3.8, 4) is 0 Å². The van der Waals surface area contributed by atoms with Crippen LogP contribution in [0, 0.1) is 5.92 Å². The largest absolute Gasteiger partial charge is 0.310 e. The first-order valence-corrected chi connectivity index (χ1v) is 13.2. The van der Waals surface area contributed by atoms with Crippen molar-refractivity contribution < 1.29 is 13.2 Å². The van der Waals surface area contributed by atoms with Crippen LogP contribution < -0.4 is 5.32 Å². The molecule has 2 heterocycles. The van der Waals surface area contributed by atoms with Gasteiger partial charge in [0.25, 0.3) is 0 Å². The van der Waals surface area contributed by atoms with E-state index in [4.69, 9.17) is 0 Å². The summed E-state index contributed by atoms with van der Waals surface area (Å²) in [4.78, 5) is 14.6. The van der Waals surface area contributed by atoms with Gasteiger partial charge < -0.3 is 5.32 Å². The molecule has 1 N–H and O–H groups in total. The summed E-state index contributed by atoms with van der Waals surface area (Å²) >= 11 is 0. The van der Waals surface area contributed by atoms with Crippen molar-refractivity contribution in [2.45, 2.75) is 44.4 Å². The second kappa shape index (κ2) is 10.6. The van der Waals surface area contributed by atoms with E-state index >= 15 is 0 Å². The SMILES string of the molecule is O=C(CN1CCN(S(=O)(=O)Cc2ccccc2)CC1)Nc1ccnn1CC1CCCCC1. The summed E-state index contributed by atoms with van der Waals surface area (Å²) in [6.07, 6.45) is 8.06. The highest BCUT2D eigenvalue weighted by molar-refractivity contribution is 7.88. The van der Waals surface area contributed by atoms with Crippen LogP contribution in [0.2, 0.25) is 0 Å². The molecule has 2 fully saturated rings. The van der Waals surface area contributed by atoms with E-state index in [1.165, 1.54) is 36.4 Å². The minimum Gasteiger partial charge on any atom is -0.310 e. The zero-order valence-electron chi connectivity index (χ0n) is 18.5. The first-order chi connectivity index (χ1) is 15.5. The van der Waals surface area contributed by atoms with Gasteiger partial charge in [-0.3, -0.25) is 9.69 Å². The van der Waals surface area contributed by atoms with Gasteiger partial charge in [0.05, 0.1) is 18.5 Å². The number of amides is 1. The van der Waals surface area contributed by atoms with Crippen LogP contribution in [0.4, 0.5) is 5.82 Å². The molecule has 2 aromatic rings. The van der Waals surface area contributed by atoms with E-state index in [1.807, 2.05) is 46.0 Å². The highest BCUT2D eigenvalue weighted by Gasteiger charge is 2.28. The fraction of sp³-hybridized carbons (Fsp3) is 0.565. The number of rotatable bonds is 8. The minimum absolute atomic E-state index is 0.0132. The summed E-state index contributed by atoms with van der Waals surface area (Å²) in [5.74, 6) is 1.30. The molecule has 1 aliphatic carbocycles. The van der Waals surface area contributed by atoms with Crippen molar-refractivity contribution in [3.05, 3.63) is 48.2 Å². The minimum atomic E-state index is -3.35. The van der Waals surface area contributed by atoms with Gasteiger partial charge >= 0.3 is 0 Å². The molecule has 1 amide bonds. The molecule has 174 valence electrons. The van der Waals surface area contributed by atoms with Gasteiger partial charge in [-0.15, -0.1) is 0 Å². The Morgan fingerprint density at radius 3 is 2.44 bits per heavy atom. The van der Waals surface area contributed by atoms with Crippen LogP contribution >= 0.6 is 0 Å². The van der Waals surface area contributed by atoms with Gasteiger partial charge in [0.1, 0.15) is 5.82 Å². The number of hydrogen-bond donors (Lipinski definition) is 1. The molecule has 32 heavy (non-hydrogen) atoms. The average Bonchev–Trinajstić information content (AvgIpc) is 3.21. The number of nitrogens with zero attached hydrogens (tertiary/aromatic N) is 4. The molecule has 1 aromatic heterocycles. The van der Waals surface area contributed by atoms with E-state index in [9.17, 15) is 13.2 Å². The summed E-state index contributed by atoms with van der Waals surface area (Å²) in [6.45, 7) is 3.00. The third kappa shape index (κ3) is 6.17. The molecule has 9 heteroatoms. The van der Waals surface area contributed by atoms with Crippen LogP contribution in [-0.2, 0) is 27.1 Å². The molecule has 1 aliphatic heterocycles. The zero-order chi connectivity index (χ0) is 22.4. The van der Waals surface area contributed by atoms with E-state index < -0.39 is 10.0 Å². The summed E-state index contributed by atoms with van der Waals surface area (Å²) in [7, 11) is -3.35. The first-order valence-electron chi connectivity index (χ1n) is 11.6. The molecular formula is C23H33N5O3S. The van der Waals surface area contributed by atoms with E-state index in [0.29, 0.717) is 32.1 Å². The molecular weight excluding hydrogens is 426 g/mol. The van der Waals surface area contributed by atoms with Gasteiger partial charge in [-0.25, -0.2) is 13.1 Å². The Kier molecular flexibility index (Phi) is 7.59. The van der Waals surface area contributed by atoms with Crippen LogP contribution in [0.15, 0.2) is 42.6 Å². The quantitative estimate of drug-likeness (QED) is 0.656. The predicted molar refractivity (Wildman–Crippen MR) is 125 cm³/mol. The molecule has 1 saturated carbocycles. The van der Waals surface area contributed by atoms with Crippen LogP contribution in [0.3, 0.4) is 0 Å². The smallest absolute Gasteiger partial charge is 0.239 e. The van der Waals surface area contributed by atoms with Gasteiger partial charge in [-0.1, -0.05) is 49.6 Å². The second-order valence-electron chi connectivity index (χ2n) is 8.87. The standard InChI is InChI=1S/C23H33N5O3S/c29-23(25-22-11-12-24-28(22)17-20-7-3-1-4-8-20)18-26-13-15-27(16-14-26)32(30,31)19-21-9-5-2-6-10-21/h2,5-6,9-12,20H,1,3-4,7-8,13-19H2,(H,25,29). The summed E-state index contributed by atoms with van der Waals surface area (Å²) in [5, 5.41) is 7.39. The Morgan fingerprint density at radius 1 is 1.00 bits per heavy atom. The predicted octanol–water partition coefficient (Wildman–Crippen LogP) is 2.55. The molecule has 0 atom stereocenters. The van der Waals surface area contributed by atoms with Crippen LogP contribution in [0.5, 0.6) is 0 Å². The number of aromatic nitrogens is 2. The van der Waals surface area contributed by atoms with Crippen LogP contribution in [-0.4, -0.2) is 66.0 Å². The fourth-order valence-electron chi connectivity index (χ4n) is 4.63. The second-order valence-corrected chi connectivity index (χ2v) is 10.8. The van der Waals surface area contributed by atoms with Gasteiger partial charge in [0, 0.05) is 38.8 Å². The number of sulfonamides is 1. The molecule has 0 bridgehead atoms. The maximum absolute atomic E-state index is 12.7. The van der Waals surface area contributed by atoms with Crippen molar-refractivity contribution >= 4 is 21.7 Å². The fourth-order valence-corrected chi connectivity index (χ4v) is 6.14. The third-order valence-corrected chi connectivity index (χ3v) is 8.27. The molecule has 8 nitrogen and oxygen atoms in total. The highest BCUT2D eigenvalue weighted by Crippen LogP contribution is 2.26. The van der Waals surface area contributed by atoms with E-state index in [0.717, 1.165) is 17.9 Å². The van der Waals surface area contributed by atoms with Gasteiger partial charge in [0.2, 0.25) is 15.9 Å². The van der Waals surface area contributed by atoms with E-state index in [2.05, 4.69) is 10.4 Å². The van der Waals surface area contributed by atoms with E-state index in [1.54, 1.807) is 6.20 Å². The molecule has 2 aliphatic rings. The molecule has 1 aromatic carbocycles. The summed E-state index contributed by atoms with van der Waals surface area (Å²) in [5.41, 5.74) is 0.791. The lowest BCUT2D eigenvalue weighted by Crippen LogP contribution is -2.50. The first kappa shape index (κ1) is 22.9. The van der Waals surface area contributed by atoms with Crippen molar-refractivity contribution in [3.63, 3.8) is 0 Å². The van der Waals surface area contributed by atoms with E-state index in [-0.39, 0.29) is 18.2 Å². The molecule has 0 radical (unpaired) electrons. The van der Waals surface area contributed by atoms with Crippen LogP contribution in [0.1, 0.15) is 37.7 Å². The van der Waals surface area contributed by atoms with Crippen LogP contribution in [0.25, 0.3) is 0 Å². The lowest BCUT2D eigenvalue weighted by atomic mass is 9.89. The molecule has 4 rings (SSSR count). The Bertz CT molecular complexity index is 978. The van der Waals surface area contributed by atoms with Crippen molar-refractivity contribution in [2.75, 3.05) is 38.0 Å². The molecule has 0 unspecified atom stereocenters. The Hall–Kier alpha value is -2.23. The Balaban J connectivity index is 1.24. The number of carbonyl (C=O) groups is 1. The number of nitrogens with one attached hydrogen (secondary N) is 1. The lowest BCUT2D eigenvalue weighted by molar-refractivity contribution is -0.117. The topological polar surface area (TPSA) is 87.5 Å². The normalized spacial score (nSPS) is 19.1. The van der Waals surface area contributed by atoms with Crippen molar-refractivity contribution in [2.24, 2.45) is 5.92 Å².